The van der Waals surface area contributed by atoms with E-state index in [-0.39, 0.29) is 18.5 Å². The molecule has 1 unspecified atom stereocenters. The molecule has 0 spiro atoms. The van der Waals surface area contributed by atoms with E-state index in [1.807, 2.05) is 68.4 Å². The van der Waals surface area contributed by atoms with Crippen LogP contribution in [0.2, 0.25) is 5.02 Å². The van der Waals surface area contributed by atoms with Gasteiger partial charge in [0.1, 0.15) is 12.6 Å². The average Bonchev–Trinajstić information content (AvgIpc) is 3.44. The summed E-state index contributed by atoms with van der Waals surface area (Å²) in [6.07, 6.45) is 5.31. The van der Waals surface area contributed by atoms with Crippen molar-refractivity contribution in [2.24, 2.45) is 0 Å². The van der Waals surface area contributed by atoms with Gasteiger partial charge in [0.15, 0.2) is 0 Å². The van der Waals surface area contributed by atoms with E-state index < -0.39 is 28.5 Å². The highest BCUT2D eigenvalue weighted by molar-refractivity contribution is 7.92. The highest BCUT2D eigenvalue weighted by Gasteiger charge is 2.34. The molecule has 7 nitrogen and oxygen atoms in total. The molecule has 4 rings (SSSR count). The molecule has 218 valence electrons. The van der Waals surface area contributed by atoms with E-state index in [0.717, 1.165) is 58.5 Å². The number of carbonyl (C=O) groups excluding carboxylic acids is 2. The van der Waals surface area contributed by atoms with Crippen molar-refractivity contribution in [3.05, 3.63) is 100 Å². The smallest absolute Gasteiger partial charge is 0.244 e. The van der Waals surface area contributed by atoms with Crippen molar-refractivity contribution in [3.8, 4) is 0 Å². The molecule has 0 saturated heterocycles. The molecule has 1 aliphatic rings. The van der Waals surface area contributed by atoms with Crippen LogP contribution in [0.25, 0.3) is 0 Å². The van der Waals surface area contributed by atoms with Gasteiger partial charge in [-0.3, -0.25) is 13.9 Å². The van der Waals surface area contributed by atoms with Crippen LogP contribution in [-0.2, 0) is 32.6 Å². The summed E-state index contributed by atoms with van der Waals surface area (Å²) >= 11 is 6.12. The number of hydrogen-bond donors (Lipinski definition) is 1. The van der Waals surface area contributed by atoms with Gasteiger partial charge in [-0.15, -0.1) is 0 Å². The van der Waals surface area contributed by atoms with E-state index >= 15 is 0 Å². The SMILES string of the molecule is Cc1ccc(C)c(N(CC(=O)N(Cc2ccc(Cl)cc2)C(Cc2ccccc2)C(=O)NC2CCCC2)S(C)(=O)=O)c1. The molecule has 2 amide bonds. The number of anilines is 1. The Kier molecular flexibility index (Phi) is 10.1. The van der Waals surface area contributed by atoms with Gasteiger partial charge < -0.3 is 10.2 Å². The first-order chi connectivity index (χ1) is 19.5. The van der Waals surface area contributed by atoms with Gasteiger partial charge >= 0.3 is 0 Å². The standard InChI is InChI=1S/C32H38ClN3O4S/c1-23-13-14-24(2)29(19-23)36(41(3,39)40)22-31(37)35(21-26-15-17-27(33)18-16-26)30(20-25-9-5-4-6-10-25)32(38)34-28-11-7-8-12-28/h4-6,9-10,13-19,28,30H,7-8,11-12,20-22H2,1-3H3,(H,34,38). The molecule has 3 aromatic rings. The molecular weight excluding hydrogens is 558 g/mol. The fourth-order valence-corrected chi connectivity index (χ4v) is 6.32. The molecule has 0 aliphatic heterocycles. The highest BCUT2D eigenvalue weighted by Crippen LogP contribution is 2.26. The number of amides is 2. The van der Waals surface area contributed by atoms with Gasteiger partial charge in [-0.05, 0) is 67.1 Å². The van der Waals surface area contributed by atoms with Crippen LogP contribution < -0.4 is 9.62 Å². The lowest BCUT2D eigenvalue weighted by atomic mass is 10.0. The van der Waals surface area contributed by atoms with E-state index in [1.165, 1.54) is 4.90 Å². The molecule has 9 heteroatoms. The molecule has 1 aliphatic carbocycles. The first-order valence-electron chi connectivity index (χ1n) is 13.9. The maximum absolute atomic E-state index is 14.2. The Balaban J connectivity index is 1.74. The largest absolute Gasteiger partial charge is 0.352 e. The Morgan fingerprint density at radius 3 is 2.24 bits per heavy atom. The number of benzene rings is 3. The van der Waals surface area contributed by atoms with Crippen LogP contribution in [-0.4, -0.2) is 50.0 Å². The van der Waals surface area contributed by atoms with Gasteiger partial charge in [0.25, 0.3) is 0 Å². The van der Waals surface area contributed by atoms with Crippen LogP contribution in [0, 0.1) is 13.8 Å². The van der Waals surface area contributed by atoms with Gasteiger partial charge in [0, 0.05) is 24.0 Å². The maximum Gasteiger partial charge on any atom is 0.244 e. The molecule has 41 heavy (non-hydrogen) atoms. The maximum atomic E-state index is 14.2. The van der Waals surface area contributed by atoms with Crippen LogP contribution in [0.4, 0.5) is 5.69 Å². The monoisotopic (exact) mass is 595 g/mol. The fourth-order valence-electron chi connectivity index (χ4n) is 5.29. The molecular formula is C32H38ClN3O4S. The average molecular weight is 596 g/mol. The third-order valence-electron chi connectivity index (χ3n) is 7.55. The Bertz CT molecular complexity index is 1460. The van der Waals surface area contributed by atoms with Crippen molar-refractivity contribution >= 4 is 39.1 Å². The summed E-state index contributed by atoms with van der Waals surface area (Å²) in [5, 5.41) is 3.74. The third-order valence-corrected chi connectivity index (χ3v) is 8.93. The molecule has 0 radical (unpaired) electrons. The minimum atomic E-state index is -3.82. The van der Waals surface area contributed by atoms with E-state index in [4.69, 9.17) is 11.6 Å². The molecule has 3 aromatic carbocycles. The molecule has 1 fully saturated rings. The van der Waals surface area contributed by atoms with Crippen molar-refractivity contribution in [1.29, 1.82) is 0 Å². The molecule has 0 bridgehead atoms. The van der Waals surface area contributed by atoms with Gasteiger partial charge in [-0.2, -0.15) is 0 Å². The second-order valence-corrected chi connectivity index (χ2v) is 13.2. The van der Waals surface area contributed by atoms with Crippen molar-refractivity contribution in [3.63, 3.8) is 0 Å². The van der Waals surface area contributed by atoms with Gasteiger partial charge in [-0.1, -0.05) is 79.0 Å². The number of hydrogen-bond acceptors (Lipinski definition) is 4. The van der Waals surface area contributed by atoms with Gasteiger partial charge in [0.05, 0.1) is 11.9 Å². The predicted molar refractivity (Wildman–Crippen MR) is 164 cm³/mol. The lowest BCUT2D eigenvalue weighted by Crippen LogP contribution is -2.54. The molecule has 0 heterocycles. The molecule has 1 N–H and O–H groups in total. The normalized spacial score (nSPS) is 14.4. The summed E-state index contributed by atoms with van der Waals surface area (Å²) in [6.45, 7) is 3.38. The van der Waals surface area contributed by atoms with Crippen LogP contribution in [0.5, 0.6) is 0 Å². The molecule has 1 atom stereocenters. The lowest BCUT2D eigenvalue weighted by molar-refractivity contribution is -0.140. The van der Waals surface area contributed by atoms with Crippen LogP contribution in [0.15, 0.2) is 72.8 Å². The summed E-state index contributed by atoms with van der Waals surface area (Å²) in [7, 11) is -3.82. The highest BCUT2D eigenvalue weighted by atomic mass is 35.5. The minimum absolute atomic E-state index is 0.0655. The second-order valence-electron chi connectivity index (χ2n) is 10.9. The van der Waals surface area contributed by atoms with Crippen molar-refractivity contribution in [2.75, 3.05) is 17.1 Å². The number of halogens is 1. The van der Waals surface area contributed by atoms with Gasteiger partial charge in [-0.25, -0.2) is 8.42 Å². The zero-order chi connectivity index (χ0) is 29.6. The van der Waals surface area contributed by atoms with Crippen LogP contribution >= 0.6 is 11.6 Å². The summed E-state index contributed by atoms with van der Waals surface area (Å²) < 4.78 is 27.2. The summed E-state index contributed by atoms with van der Waals surface area (Å²) in [5.41, 5.74) is 3.75. The number of aryl methyl sites for hydroxylation is 2. The van der Waals surface area contributed by atoms with E-state index in [2.05, 4.69) is 5.32 Å². The number of nitrogens with zero attached hydrogens (tertiary/aromatic N) is 2. The lowest BCUT2D eigenvalue weighted by Gasteiger charge is -2.34. The Morgan fingerprint density at radius 1 is 0.951 bits per heavy atom. The Labute approximate surface area is 248 Å². The van der Waals surface area contributed by atoms with E-state index in [0.29, 0.717) is 17.1 Å². The van der Waals surface area contributed by atoms with Crippen molar-refractivity contribution in [2.45, 2.75) is 64.6 Å². The zero-order valence-corrected chi connectivity index (χ0v) is 25.4. The van der Waals surface area contributed by atoms with Crippen LogP contribution in [0.1, 0.15) is 47.9 Å². The van der Waals surface area contributed by atoms with E-state index in [9.17, 15) is 18.0 Å². The number of rotatable bonds is 11. The zero-order valence-electron chi connectivity index (χ0n) is 23.8. The quantitative estimate of drug-likeness (QED) is 0.321. The third kappa shape index (κ3) is 8.33. The number of carbonyl (C=O) groups is 2. The van der Waals surface area contributed by atoms with Gasteiger partial charge in [0.2, 0.25) is 21.8 Å². The first-order valence-corrected chi connectivity index (χ1v) is 16.2. The minimum Gasteiger partial charge on any atom is -0.352 e. The predicted octanol–water partition coefficient (Wildman–Crippen LogP) is 5.42. The Hall–Kier alpha value is -3.36. The summed E-state index contributed by atoms with van der Waals surface area (Å²) in [4.78, 5) is 29.6. The molecule has 0 aromatic heterocycles. The molecule has 1 saturated carbocycles. The van der Waals surface area contributed by atoms with Crippen molar-refractivity contribution < 1.29 is 18.0 Å². The Morgan fingerprint density at radius 2 is 1.61 bits per heavy atom. The summed E-state index contributed by atoms with van der Waals surface area (Å²) in [6, 6.07) is 21.4. The second kappa shape index (κ2) is 13.5. The summed E-state index contributed by atoms with van der Waals surface area (Å²) in [5.74, 6) is -0.700. The van der Waals surface area contributed by atoms with Crippen LogP contribution in [0.3, 0.4) is 0 Å². The fraction of sp³-hybridized carbons (Fsp3) is 0.375. The number of sulfonamides is 1. The number of nitrogens with one attached hydrogen (secondary N) is 1. The van der Waals surface area contributed by atoms with Crippen molar-refractivity contribution in [1.82, 2.24) is 10.2 Å². The topological polar surface area (TPSA) is 86.8 Å². The van der Waals surface area contributed by atoms with E-state index in [1.54, 1.807) is 18.2 Å². The first kappa shape index (κ1) is 30.6.